The zero-order chi connectivity index (χ0) is 19.2. The summed E-state index contributed by atoms with van der Waals surface area (Å²) in [5.41, 5.74) is 0.691. The molecule has 6 nitrogen and oxygen atoms in total. The SMILES string of the molecule is CC(Oc1ccc(O)cc1)C(=O)NC1CCN(C(=O)c2ccccc2)CC1. The van der Waals surface area contributed by atoms with E-state index in [2.05, 4.69) is 5.32 Å². The molecule has 2 amide bonds. The summed E-state index contributed by atoms with van der Waals surface area (Å²) in [5, 5.41) is 12.3. The molecular formula is C21H24N2O4. The van der Waals surface area contributed by atoms with Gasteiger partial charge in [-0.05, 0) is 56.2 Å². The van der Waals surface area contributed by atoms with Crippen LogP contribution in [0, 0.1) is 0 Å². The Bertz CT molecular complexity index is 769. The number of hydrogen-bond acceptors (Lipinski definition) is 4. The molecule has 0 aromatic heterocycles. The molecule has 3 rings (SSSR count). The van der Waals surface area contributed by atoms with E-state index in [1.165, 1.54) is 12.1 Å². The van der Waals surface area contributed by atoms with Gasteiger partial charge in [-0.15, -0.1) is 0 Å². The highest BCUT2D eigenvalue weighted by Gasteiger charge is 2.26. The molecule has 0 radical (unpaired) electrons. The van der Waals surface area contributed by atoms with Crippen LogP contribution in [-0.2, 0) is 4.79 Å². The van der Waals surface area contributed by atoms with Crippen molar-refractivity contribution in [2.75, 3.05) is 13.1 Å². The number of aromatic hydroxyl groups is 1. The van der Waals surface area contributed by atoms with Crippen LogP contribution in [0.3, 0.4) is 0 Å². The van der Waals surface area contributed by atoms with Crippen molar-refractivity contribution in [2.45, 2.75) is 31.9 Å². The van der Waals surface area contributed by atoms with Crippen molar-refractivity contribution in [3.63, 3.8) is 0 Å². The molecule has 0 aliphatic carbocycles. The third-order valence-corrected chi connectivity index (χ3v) is 4.67. The first-order valence-corrected chi connectivity index (χ1v) is 9.13. The molecule has 1 heterocycles. The van der Waals surface area contributed by atoms with Gasteiger partial charge in [0.25, 0.3) is 11.8 Å². The third kappa shape index (κ3) is 5.00. The van der Waals surface area contributed by atoms with Crippen molar-refractivity contribution < 1.29 is 19.4 Å². The zero-order valence-electron chi connectivity index (χ0n) is 15.3. The number of carbonyl (C=O) groups excluding carboxylic acids is 2. The van der Waals surface area contributed by atoms with Crippen LogP contribution in [0.5, 0.6) is 11.5 Å². The fourth-order valence-corrected chi connectivity index (χ4v) is 3.09. The van der Waals surface area contributed by atoms with Gasteiger partial charge in [-0.1, -0.05) is 18.2 Å². The number of carbonyl (C=O) groups is 2. The zero-order valence-corrected chi connectivity index (χ0v) is 15.3. The number of phenols is 1. The van der Waals surface area contributed by atoms with Gasteiger partial charge in [-0.25, -0.2) is 0 Å². The number of piperidine rings is 1. The average molecular weight is 368 g/mol. The number of hydrogen-bond donors (Lipinski definition) is 2. The van der Waals surface area contributed by atoms with E-state index >= 15 is 0 Å². The smallest absolute Gasteiger partial charge is 0.260 e. The summed E-state index contributed by atoms with van der Waals surface area (Å²) < 4.78 is 5.60. The molecule has 0 saturated carbocycles. The predicted octanol–water partition coefficient (Wildman–Crippen LogP) is 2.58. The standard InChI is InChI=1S/C21H24N2O4/c1-15(27-19-9-7-18(24)8-10-19)20(25)22-17-11-13-23(14-12-17)21(26)16-5-3-2-4-6-16/h2-10,15,17,24H,11-14H2,1H3,(H,22,25). The quantitative estimate of drug-likeness (QED) is 0.850. The second-order valence-electron chi connectivity index (χ2n) is 6.70. The highest BCUT2D eigenvalue weighted by atomic mass is 16.5. The van der Waals surface area contributed by atoms with E-state index in [0.29, 0.717) is 24.4 Å². The molecular weight excluding hydrogens is 344 g/mol. The van der Waals surface area contributed by atoms with Crippen molar-refractivity contribution in [1.82, 2.24) is 10.2 Å². The van der Waals surface area contributed by atoms with Crippen molar-refractivity contribution in [2.24, 2.45) is 0 Å². The monoisotopic (exact) mass is 368 g/mol. The van der Waals surface area contributed by atoms with E-state index in [9.17, 15) is 14.7 Å². The number of rotatable bonds is 5. The maximum absolute atomic E-state index is 12.5. The van der Waals surface area contributed by atoms with Crippen molar-refractivity contribution in [1.29, 1.82) is 0 Å². The number of phenolic OH excluding ortho intramolecular Hbond substituents is 1. The third-order valence-electron chi connectivity index (χ3n) is 4.67. The van der Waals surface area contributed by atoms with Crippen LogP contribution >= 0.6 is 0 Å². The molecule has 142 valence electrons. The average Bonchev–Trinajstić information content (AvgIpc) is 2.70. The molecule has 2 N–H and O–H groups in total. The van der Waals surface area contributed by atoms with E-state index in [4.69, 9.17) is 4.74 Å². The molecule has 1 aliphatic heterocycles. The van der Waals surface area contributed by atoms with Crippen LogP contribution in [0.25, 0.3) is 0 Å². The molecule has 1 atom stereocenters. The first-order valence-electron chi connectivity index (χ1n) is 9.13. The first-order chi connectivity index (χ1) is 13.0. The minimum atomic E-state index is -0.640. The molecule has 2 aromatic carbocycles. The number of ether oxygens (including phenoxy) is 1. The Morgan fingerprint density at radius 3 is 2.33 bits per heavy atom. The summed E-state index contributed by atoms with van der Waals surface area (Å²) in [5.74, 6) is 0.523. The van der Waals surface area contributed by atoms with E-state index in [-0.39, 0.29) is 23.6 Å². The summed E-state index contributed by atoms with van der Waals surface area (Å²) >= 11 is 0. The van der Waals surface area contributed by atoms with Gasteiger partial charge in [-0.3, -0.25) is 9.59 Å². The molecule has 1 aliphatic rings. The first kappa shape index (κ1) is 18.8. The topological polar surface area (TPSA) is 78.9 Å². The van der Waals surface area contributed by atoms with Gasteiger partial charge >= 0.3 is 0 Å². The fraction of sp³-hybridized carbons (Fsp3) is 0.333. The number of likely N-dealkylation sites (tertiary alicyclic amines) is 1. The maximum Gasteiger partial charge on any atom is 0.260 e. The Morgan fingerprint density at radius 2 is 1.70 bits per heavy atom. The summed E-state index contributed by atoms with van der Waals surface area (Å²) in [7, 11) is 0. The lowest BCUT2D eigenvalue weighted by atomic mass is 10.0. The molecule has 0 spiro atoms. The molecule has 1 unspecified atom stereocenters. The number of benzene rings is 2. The highest BCUT2D eigenvalue weighted by Crippen LogP contribution is 2.18. The summed E-state index contributed by atoms with van der Waals surface area (Å²) in [6.07, 6.45) is 0.797. The number of nitrogens with one attached hydrogen (secondary N) is 1. The minimum Gasteiger partial charge on any atom is -0.508 e. The van der Waals surface area contributed by atoms with Gasteiger partial charge in [0.1, 0.15) is 11.5 Å². The van der Waals surface area contributed by atoms with E-state index in [1.807, 2.05) is 35.2 Å². The Hall–Kier alpha value is -3.02. The van der Waals surface area contributed by atoms with Crippen LogP contribution in [-0.4, -0.2) is 47.1 Å². The lowest BCUT2D eigenvalue weighted by Crippen LogP contribution is -2.49. The summed E-state index contributed by atoms with van der Waals surface area (Å²) in [6.45, 7) is 2.92. The molecule has 27 heavy (non-hydrogen) atoms. The van der Waals surface area contributed by atoms with Gasteiger partial charge in [0.05, 0.1) is 0 Å². The van der Waals surface area contributed by atoms with Gasteiger partial charge < -0.3 is 20.1 Å². The summed E-state index contributed by atoms with van der Waals surface area (Å²) in [6, 6.07) is 15.5. The predicted molar refractivity (Wildman–Crippen MR) is 102 cm³/mol. The second kappa shape index (κ2) is 8.58. The number of amides is 2. The normalized spacial score (nSPS) is 15.8. The molecule has 1 fully saturated rings. The van der Waals surface area contributed by atoms with E-state index in [1.54, 1.807) is 19.1 Å². The van der Waals surface area contributed by atoms with Crippen molar-refractivity contribution in [3.8, 4) is 11.5 Å². The van der Waals surface area contributed by atoms with Crippen LogP contribution < -0.4 is 10.1 Å². The molecule has 2 aromatic rings. The van der Waals surface area contributed by atoms with E-state index in [0.717, 1.165) is 12.8 Å². The molecule has 0 bridgehead atoms. The van der Waals surface area contributed by atoms with Crippen LogP contribution in [0.2, 0.25) is 0 Å². The van der Waals surface area contributed by atoms with Crippen molar-refractivity contribution >= 4 is 11.8 Å². The lowest BCUT2D eigenvalue weighted by molar-refractivity contribution is -0.128. The Labute approximate surface area is 158 Å². The van der Waals surface area contributed by atoms with Gasteiger partial charge in [-0.2, -0.15) is 0 Å². The van der Waals surface area contributed by atoms with Crippen LogP contribution in [0.4, 0.5) is 0 Å². The minimum absolute atomic E-state index is 0.0307. The Balaban J connectivity index is 1.46. The molecule has 1 saturated heterocycles. The van der Waals surface area contributed by atoms with Crippen LogP contribution in [0.15, 0.2) is 54.6 Å². The maximum atomic E-state index is 12.5. The Morgan fingerprint density at radius 1 is 1.07 bits per heavy atom. The second-order valence-corrected chi connectivity index (χ2v) is 6.70. The van der Waals surface area contributed by atoms with Gasteiger partial charge in [0.15, 0.2) is 6.10 Å². The lowest BCUT2D eigenvalue weighted by Gasteiger charge is -2.33. The largest absolute Gasteiger partial charge is 0.508 e. The van der Waals surface area contributed by atoms with E-state index < -0.39 is 6.10 Å². The van der Waals surface area contributed by atoms with Crippen molar-refractivity contribution in [3.05, 3.63) is 60.2 Å². The highest BCUT2D eigenvalue weighted by molar-refractivity contribution is 5.94. The van der Waals surface area contributed by atoms with Crippen LogP contribution in [0.1, 0.15) is 30.1 Å². The fourth-order valence-electron chi connectivity index (χ4n) is 3.09. The van der Waals surface area contributed by atoms with Gasteiger partial charge in [0, 0.05) is 24.7 Å². The Kier molecular flexibility index (Phi) is 5.96. The van der Waals surface area contributed by atoms with Gasteiger partial charge in [0.2, 0.25) is 0 Å². The summed E-state index contributed by atoms with van der Waals surface area (Å²) in [4.78, 5) is 26.6. The molecule has 6 heteroatoms. The number of nitrogens with zero attached hydrogens (tertiary/aromatic N) is 1.